The Morgan fingerprint density at radius 3 is 1.60 bits per heavy atom. The maximum absolute atomic E-state index is 12.2. The number of esters is 1. The van der Waals surface area contributed by atoms with E-state index in [4.69, 9.17) is 31.2 Å². The lowest BCUT2D eigenvalue weighted by molar-refractivity contribution is -0.140. The molecule has 0 radical (unpaired) electrons. The number of allylic oxidation sites excluding steroid dienone is 2. The highest BCUT2D eigenvalue weighted by atomic mass is 16.5. The Labute approximate surface area is 242 Å². The van der Waals surface area contributed by atoms with E-state index in [1.807, 2.05) is 19.1 Å². The lowest BCUT2D eigenvalue weighted by atomic mass is 10.0. The Morgan fingerprint density at radius 2 is 1.07 bits per heavy atom. The van der Waals surface area contributed by atoms with Gasteiger partial charge in [-0.05, 0) is 18.6 Å². The molecule has 6 aromatic heterocycles. The third kappa shape index (κ3) is 5.21. The molecule has 216 valence electrons. The number of carbonyl (C=O) groups is 1. The van der Waals surface area contributed by atoms with E-state index in [1.54, 1.807) is 12.2 Å². The van der Waals surface area contributed by atoms with Crippen molar-refractivity contribution in [2.75, 3.05) is 7.11 Å². The highest BCUT2D eigenvalue weighted by Gasteiger charge is 2.23. The first-order valence-electron chi connectivity index (χ1n) is 13.2. The number of fused-ring (bicyclic) bond motifs is 16. The molecule has 7 rings (SSSR count). The summed E-state index contributed by atoms with van der Waals surface area (Å²) in [5.41, 5.74) is 2.54. The van der Waals surface area contributed by atoms with Crippen molar-refractivity contribution in [3.8, 4) is 46.3 Å². The molecule has 0 fully saturated rings. The smallest absolute Gasteiger partial charge is 0.306 e. The van der Waals surface area contributed by atoms with Crippen LogP contribution in [0.3, 0.4) is 0 Å². The summed E-state index contributed by atoms with van der Waals surface area (Å²) in [6.07, 6.45) is 16.5. The van der Waals surface area contributed by atoms with Gasteiger partial charge in [0.15, 0.2) is 22.8 Å². The van der Waals surface area contributed by atoms with Gasteiger partial charge in [0.2, 0.25) is 35.3 Å². The summed E-state index contributed by atoms with van der Waals surface area (Å²) < 4.78 is 38.9. The lowest BCUT2D eigenvalue weighted by Crippen LogP contribution is -2.07. The average Bonchev–Trinajstić information content (AvgIpc) is 3.86. The average molecular weight is 583 g/mol. The van der Waals surface area contributed by atoms with Crippen molar-refractivity contribution in [2.24, 2.45) is 0 Å². The molecule has 0 spiro atoms. The molecule has 2 atom stereocenters. The van der Waals surface area contributed by atoms with Crippen LogP contribution >= 0.6 is 0 Å². The summed E-state index contributed by atoms with van der Waals surface area (Å²) in [5, 5.41) is 0. The van der Waals surface area contributed by atoms with Gasteiger partial charge in [-0.2, -0.15) is 0 Å². The van der Waals surface area contributed by atoms with E-state index in [-0.39, 0.29) is 41.8 Å². The highest BCUT2D eigenvalue weighted by Crippen LogP contribution is 2.31. The van der Waals surface area contributed by atoms with E-state index in [0.717, 1.165) is 6.42 Å². The monoisotopic (exact) mass is 582 g/mol. The second-order valence-corrected chi connectivity index (χ2v) is 9.49. The van der Waals surface area contributed by atoms with Crippen molar-refractivity contribution >= 4 is 18.1 Å². The van der Waals surface area contributed by atoms with E-state index in [9.17, 15) is 4.79 Å². The topological polar surface area (TPSA) is 182 Å². The van der Waals surface area contributed by atoms with Crippen molar-refractivity contribution in [2.45, 2.75) is 31.6 Å². The van der Waals surface area contributed by atoms with Crippen LogP contribution in [0.25, 0.3) is 58.5 Å². The molecule has 0 aliphatic carbocycles. The van der Waals surface area contributed by atoms with Gasteiger partial charge in [0.1, 0.15) is 49.0 Å². The summed E-state index contributed by atoms with van der Waals surface area (Å²) >= 11 is 0. The minimum atomic E-state index is -0.589. The Morgan fingerprint density at radius 1 is 0.628 bits per heavy atom. The Balaban J connectivity index is 1.29. The number of ether oxygens (including phenoxy) is 1. The van der Waals surface area contributed by atoms with Crippen molar-refractivity contribution in [3.05, 3.63) is 72.9 Å². The van der Waals surface area contributed by atoms with Gasteiger partial charge in [-0.1, -0.05) is 19.1 Å². The van der Waals surface area contributed by atoms with Crippen molar-refractivity contribution in [1.82, 2.24) is 29.9 Å². The number of aromatic nitrogens is 6. The zero-order valence-electron chi connectivity index (χ0n) is 22.8. The van der Waals surface area contributed by atoms with Crippen LogP contribution in [0.4, 0.5) is 0 Å². The number of rotatable bonds is 3. The second kappa shape index (κ2) is 10.9. The molecule has 7 heterocycles. The van der Waals surface area contributed by atoms with Gasteiger partial charge >= 0.3 is 5.97 Å². The number of hydrogen-bond donors (Lipinski definition) is 0. The first kappa shape index (κ1) is 26.1. The maximum Gasteiger partial charge on any atom is 0.306 e. The van der Waals surface area contributed by atoms with Crippen LogP contribution in [0.5, 0.6) is 0 Å². The number of hydrogen-bond acceptors (Lipinski definition) is 14. The molecule has 1 aliphatic rings. The molecule has 14 nitrogen and oxygen atoms in total. The quantitative estimate of drug-likeness (QED) is 0.216. The van der Waals surface area contributed by atoms with Gasteiger partial charge in [-0.3, -0.25) is 4.79 Å². The summed E-state index contributed by atoms with van der Waals surface area (Å²) in [6.45, 7) is 2.02. The molecule has 14 heteroatoms. The fraction of sp³-hybridized carbons (Fsp3) is 0.207. The minimum absolute atomic E-state index is 0.0354. The van der Waals surface area contributed by atoms with E-state index >= 15 is 0 Å². The maximum atomic E-state index is 12.2. The van der Waals surface area contributed by atoms with E-state index in [0.29, 0.717) is 40.1 Å². The van der Waals surface area contributed by atoms with Crippen molar-refractivity contribution in [1.29, 1.82) is 0 Å². The molecule has 0 amide bonds. The van der Waals surface area contributed by atoms with Crippen LogP contribution < -0.4 is 0 Å². The summed E-state index contributed by atoms with van der Waals surface area (Å²) in [4.78, 5) is 39.1. The molecule has 6 aromatic rings. The largest absolute Gasteiger partial charge is 0.469 e. The number of nitrogens with zero attached hydrogens (tertiary/aromatic N) is 6. The van der Waals surface area contributed by atoms with Crippen LogP contribution in [0.2, 0.25) is 0 Å². The van der Waals surface area contributed by atoms with Crippen LogP contribution in [0.1, 0.15) is 54.8 Å². The molecular formula is C29H22N6O8. The molecule has 0 saturated heterocycles. The Kier molecular flexibility index (Phi) is 6.62. The van der Waals surface area contributed by atoms with Crippen LogP contribution in [0, 0.1) is 0 Å². The first-order chi connectivity index (χ1) is 21.1. The summed E-state index contributed by atoms with van der Waals surface area (Å²) in [6, 6.07) is 0. The van der Waals surface area contributed by atoms with Crippen LogP contribution in [0.15, 0.2) is 76.2 Å². The van der Waals surface area contributed by atoms with Crippen LogP contribution in [-0.4, -0.2) is 43.0 Å². The number of methoxy groups -OCH3 is 1. The summed E-state index contributed by atoms with van der Waals surface area (Å²) in [5.74, 6) is 0.490. The molecule has 2 unspecified atom stereocenters. The zero-order chi connectivity index (χ0) is 29.3. The zero-order valence-corrected chi connectivity index (χ0v) is 22.8. The van der Waals surface area contributed by atoms with E-state index in [2.05, 4.69) is 29.9 Å². The van der Waals surface area contributed by atoms with Crippen molar-refractivity contribution in [3.63, 3.8) is 0 Å². The standard InChI is InChI=1S/C29H22N6O8/c1-3-15-4-6-17-9-38-26(30-17)19-14-43-29(35-19)22-12-41-25(33-22)16(8-23(36)37-2)5-7-18-10-39-27(31-18)20-13-42-28(34-20)21-11-40-24(15)32-21/h4-7,9-16H,3,8H2,1-2H3. The van der Waals surface area contributed by atoms with Gasteiger partial charge in [0.05, 0.1) is 25.4 Å². The first-order valence-corrected chi connectivity index (χ1v) is 13.2. The molecule has 0 N–H and O–H groups in total. The van der Waals surface area contributed by atoms with Gasteiger partial charge in [-0.15, -0.1) is 0 Å². The molecule has 1 aliphatic heterocycles. The molecule has 43 heavy (non-hydrogen) atoms. The fourth-order valence-corrected chi connectivity index (χ4v) is 4.38. The highest BCUT2D eigenvalue weighted by molar-refractivity contribution is 5.71. The van der Waals surface area contributed by atoms with Gasteiger partial charge in [0, 0.05) is 0 Å². The second-order valence-electron chi connectivity index (χ2n) is 9.49. The lowest BCUT2D eigenvalue weighted by Gasteiger charge is -2.06. The molecule has 0 saturated carbocycles. The van der Waals surface area contributed by atoms with E-state index in [1.165, 1.54) is 44.7 Å². The molecule has 0 aromatic carbocycles. The minimum Gasteiger partial charge on any atom is -0.469 e. The number of carbonyl (C=O) groups excluding carboxylic acids is 1. The predicted octanol–water partition coefficient (Wildman–Crippen LogP) is 6.16. The van der Waals surface area contributed by atoms with Crippen LogP contribution in [-0.2, 0) is 9.53 Å². The van der Waals surface area contributed by atoms with Gasteiger partial charge in [0.25, 0.3) is 0 Å². The van der Waals surface area contributed by atoms with Crippen molar-refractivity contribution < 1.29 is 36.0 Å². The van der Waals surface area contributed by atoms with Gasteiger partial charge in [-0.25, -0.2) is 29.9 Å². The third-order valence-electron chi connectivity index (χ3n) is 6.66. The predicted molar refractivity (Wildman–Crippen MR) is 145 cm³/mol. The summed E-state index contributed by atoms with van der Waals surface area (Å²) in [7, 11) is 1.31. The normalized spacial score (nSPS) is 16.2. The Bertz CT molecular complexity index is 1950. The van der Waals surface area contributed by atoms with Gasteiger partial charge < -0.3 is 31.2 Å². The SMILES string of the molecule is CCC1C=Cc2coc(n2)-c2coc(n2)-c2coc(n2)C(CC(=O)OC)C=Cc2coc(n2)-c2coc(n2)-c2coc1n2. The number of oxazole rings is 6. The van der Waals surface area contributed by atoms with E-state index < -0.39 is 11.9 Å². The molecule has 12 bridgehead atoms. The fourth-order valence-electron chi connectivity index (χ4n) is 4.38. The third-order valence-corrected chi connectivity index (χ3v) is 6.66. The Hall–Kier alpha value is -5.79. The molecular weight excluding hydrogens is 560 g/mol.